The van der Waals surface area contributed by atoms with Gasteiger partial charge in [0.15, 0.2) is 0 Å². The molecule has 0 aromatic heterocycles. The minimum absolute atomic E-state index is 0.191. The fraction of sp³-hybridized carbons (Fsp3) is 0.0526. The lowest BCUT2D eigenvalue weighted by Gasteiger charge is -2.10. The molecule has 5 heteroatoms. The van der Waals surface area contributed by atoms with E-state index >= 15 is 0 Å². The third kappa shape index (κ3) is 3.35. The Labute approximate surface area is 139 Å². The highest BCUT2D eigenvalue weighted by Crippen LogP contribution is 2.21. The predicted octanol–water partition coefficient (Wildman–Crippen LogP) is 3.84. The summed E-state index contributed by atoms with van der Waals surface area (Å²) in [6.45, 7) is 0. The van der Waals surface area contributed by atoms with Gasteiger partial charge in [0.2, 0.25) is 0 Å². The van der Waals surface area contributed by atoms with E-state index in [0.717, 1.165) is 10.8 Å². The molecule has 3 aromatic carbocycles. The first-order valence-corrected chi connectivity index (χ1v) is 7.55. The average Bonchev–Trinajstić information content (AvgIpc) is 2.61. The predicted molar refractivity (Wildman–Crippen MR) is 96.4 cm³/mol. The molecule has 0 aliphatic rings. The fourth-order valence-corrected chi connectivity index (χ4v) is 2.49. The van der Waals surface area contributed by atoms with Crippen molar-refractivity contribution in [1.82, 2.24) is 5.32 Å². The Bertz CT molecular complexity index is 901. The summed E-state index contributed by atoms with van der Waals surface area (Å²) in [4.78, 5) is 24.0. The van der Waals surface area contributed by atoms with Gasteiger partial charge >= 0.3 is 6.03 Å². The molecule has 0 bridgehead atoms. The zero-order chi connectivity index (χ0) is 16.9. The number of rotatable bonds is 3. The molecular weight excluding hydrogens is 302 g/mol. The highest BCUT2D eigenvalue weighted by atomic mass is 16.2. The van der Waals surface area contributed by atoms with E-state index in [9.17, 15) is 9.59 Å². The van der Waals surface area contributed by atoms with E-state index in [4.69, 9.17) is 0 Å². The lowest BCUT2D eigenvalue weighted by Crippen LogP contribution is -2.24. The topological polar surface area (TPSA) is 70.2 Å². The number of amides is 3. The highest BCUT2D eigenvalue weighted by molar-refractivity contribution is 6.13. The summed E-state index contributed by atoms with van der Waals surface area (Å²) >= 11 is 0. The lowest BCUT2D eigenvalue weighted by atomic mass is 10.0. The van der Waals surface area contributed by atoms with Gasteiger partial charge in [0.1, 0.15) is 0 Å². The van der Waals surface area contributed by atoms with Crippen LogP contribution in [0.2, 0.25) is 0 Å². The Morgan fingerprint density at radius 1 is 0.792 bits per heavy atom. The summed E-state index contributed by atoms with van der Waals surface area (Å²) in [6, 6.07) is 20.1. The maximum absolute atomic E-state index is 12.6. The van der Waals surface area contributed by atoms with Crippen molar-refractivity contribution in [1.29, 1.82) is 0 Å². The number of fused-ring (bicyclic) bond motifs is 1. The SMILES string of the molecule is CNC(=O)Nc1cccc(NC(=O)c2cccc3ccccc23)c1. The van der Waals surface area contributed by atoms with E-state index < -0.39 is 0 Å². The number of carbonyl (C=O) groups excluding carboxylic acids is 2. The van der Waals surface area contributed by atoms with Gasteiger partial charge in [0.05, 0.1) is 0 Å². The second-order valence-electron chi connectivity index (χ2n) is 5.27. The van der Waals surface area contributed by atoms with Gasteiger partial charge in [-0.15, -0.1) is 0 Å². The van der Waals surface area contributed by atoms with Crippen LogP contribution >= 0.6 is 0 Å². The van der Waals surface area contributed by atoms with Crippen molar-refractivity contribution in [3.63, 3.8) is 0 Å². The number of urea groups is 1. The van der Waals surface area contributed by atoms with Crippen LogP contribution in [-0.2, 0) is 0 Å². The van der Waals surface area contributed by atoms with Crippen molar-refractivity contribution >= 4 is 34.1 Å². The molecule has 24 heavy (non-hydrogen) atoms. The molecule has 3 aromatic rings. The van der Waals surface area contributed by atoms with Gasteiger partial charge in [-0.05, 0) is 35.0 Å². The molecule has 0 heterocycles. The third-order valence-electron chi connectivity index (χ3n) is 3.64. The summed E-state index contributed by atoms with van der Waals surface area (Å²) in [5.74, 6) is -0.191. The number of anilines is 2. The van der Waals surface area contributed by atoms with E-state index in [-0.39, 0.29) is 11.9 Å². The summed E-state index contributed by atoms with van der Waals surface area (Å²) in [5, 5.41) is 9.94. The van der Waals surface area contributed by atoms with Gasteiger partial charge in [-0.2, -0.15) is 0 Å². The van der Waals surface area contributed by atoms with E-state index in [1.54, 1.807) is 37.4 Å². The van der Waals surface area contributed by atoms with Crippen molar-refractivity contribution in [2.75, 3.05) is 17.7 Å². The Morgan fingerprint density at radius 2 is 1.46 bits per heavy atom. The van der Waals surface area contributed by atoms with Crippen LogP contribution < -0.4 is 16.0 Å². The van der Waals surface area contributed by atoms with E-state index in [1.165, 1.54) is 0 Å². The summed E-state index contributed by atoms with van der Waals surface area (Å²) in [7, 11) is 1.54. The first-order valence-electron chi connectivity index (χ1n) is 7.55. The molecular formula is C19H17N3O2. The molecule has 0 aliphatic heterocycles. The second kappa shape index (κ2) is 6.83. The van der Waals surface area contributed by atoms with Crippen LogP contribution in [0.15, 0.2) is 66.7 Å². The number of hydrogen-bond donors (Lipinski definition) is 3. The van der Waals surface area contributed by atoms with Crippen LogP contribution in [0.4, 0.5) is 16.2 Å². The Hall–Kier alpha value is -3.34. The van der Waals surface area contributed by atoms with Gasteiger partial charge in [-0.1, -0.05) is 42.5 Å². The van der Waals surface area contributed by atoms with Crippen LogP contribution in [0.5, 0.6) is 0 Å². The van der Waals surface area contributed by atoms with Gasteiger partial charge < -0.3 is 16.0 Å². The van der Waals surface area contributed by atoms with Crippen LogP contribution in [-0.4, -0.2) is 19.0 Å². The maximum atomic E-state index is 12.6. The lowest BCUT2D eigenvalue weighted by molar-refractivity contribution is 0.102. The monoisotopic (exact) mass is 319 g/mol. The molecule has 3 N–H and O–H groups in total. The molecule has 3 amide bonds. The molecule has 0 radical (unpaired) electrons. The molecule has 3 rings (SSSR count). The van der Waals surface area contributed by atoms with Crippen molar-refractivity contribution < 1.29 is 9.59 Å². The molecule has 0 fully saturated rings. The van der Waals surface area contributed by atoms with E-state index in [0.29, 0.717) is 16.9 Å². The van der Waals surface area contributed by atoms with Crippen LogP contribution in [0, 0.1) is 0 Å². The summed E-state index contributed by atoms with van der Waals surface area (Å²) in [6.07, 6.45) is 0. The zero-order valence-corrected chi connectivity index (χ0v) is 13.2. The average molecular weight is 319 g/mol. The number of benzene rings is 3. The van der Waals surface area contributed by atoms with Gasteiger partial charge in [-0.25, -0.2) is 4.79 Å². The van der Waals surface area contributed by atoms with Crippen LogP contribution in [0.1, 0.15) is 10.4 Å². The fourth-order valence-electron chi connectivity index (χ4n) is 2.49. The summed E-state index contributed by atoms with van der Waals surface area (Å²) < 4.78 is 0. The largest absolute Gasteiger partial charge is 0.341 e. The smallest absolute Gasteiger partial charge is 0.318 e. The molecule has 0 unspecified atom stereocenters. The standard InChI is InChI=1S/C19H17N3O2/c1-20-19(24)22-15-9-5-8-14(12-15)21-18(23)17-11-4-7-13-6-2-3-10-16(13)17/h2-12H,1H3,(H,21,23)(H2,20,22,24). The molecule has 0 atom stereocenters. The quantitative estimate of drug-likeness (QED) is 0.686. The van der Waals surface area contributed by atoms with Gasteiger partial charge in [0, 0.05) is 24.0 Å². The number of carbonyl (C=O) groups is 2. The third-order valence-corrected chi connectivity index (χ3v) is 3.64. The van der Waals surface area contributed by atoms with E-state index in [1.807, 2.05) is 36.4 Å². The Balaban J connectivity index is 1.84. The molecule has 0 saturated heterocycles. The first-order chi connectivity index (χ1) is 11.7. The van der Waals surface area contributed by atoms with E-state index in [2.05, 4.69) is 16.0 Å². The van der Waals surface area contributed by atoms with Crippen molar-refractivity contribution in [2.45, 2.75) is 0 Å². The normalized spacial score (nSPS) is 10.2. The van der Waals surface area contributed by atoms with Crippen molar-refractivity contribution in [2.24, 2.45) is 0 Å². The first kappa shape index (κ1) is 15.6. The van der Waals surface area contributed by atoms with Crippen LogP contribution in [0.25, 0.3) is 10.8 Å². The second-order valence-corrected chi connectivity index (χ2v) is 5.27. The van der Waals surface area contributed by atoms with Crippen molar-refractivity contribution in [3.8, 4) is 0 Å². The van der Waals surface area contributed by atoms with Crippen LogP contribution in [0.3, 0.4) is 0 Å². The number of hydrogen-bond acceptors (Lipinski definition) is 2. The van der Waals surface area contributed by atoms with Crippen molar-refractivity contribution in [3.05, 3.63) is 72.3 Å². The van der Waals surface area contributed by atoms with Gasteiger partial charge in [0.25, 0.3) is 5.91 Å². The Kier molecular flexibility index (Phi) is 4.43. The maximum Gasteiger partial charge on any atom is 0.318 e. The minimum Gasteiger partial charge on any atom is -0.341 e. The molecule has 0 aliphatic carbocycles. The highest BCUT2D eigenvalue weighted by Gasteiger charge is 2.10. The zero-order valence-electron chi connectivity index (χ0n) is 13.2. The number of nitrogens with one attached hydrogen (secondary N) is 3. The molecule has 5 nitrogen and oxygen atoms in total. The van der Waals surface area contributed by atoms with Gasteiger partial charge in [-0.3, -0.25) is 4.79 Å². The Morgan fingerprint density at radius 3 is 2.25 bits per heavy atom. The summed E-state index contributed by atoms with van der Waals surface area (Å²) in [5.41, 5.74) is 1.82. The molecule has 0 saturated carbocycles. The minimum atomic E-state index is -0.312. The molecule has 0 spiro atoms. The molecule has 120 valence electrons.